The third-order valence-electron chi connectivity index (χ3n) is 4.56. The predicted octanol–water partition coefficient (Wildman–Crippen LogP) is 2.80. The Morgan fingerprint density at radius 1 is 1.29 bits per heavy atom. The molecule has 0 unspecified atom stereocenters. The average molecular weight is 229 g/mol. The molecule has 1 saturated carbocycles. The molecule has 0 radical (unpaired) electrons. The maximum absolute atomic E-state index is 11.3. The highest BCUT2D eigenvalue weighted by atomic mass is 16.1. The van der Waals surface area contributed by atoms with Gasteiger partial charge < -0.3 is 4.79 Å². The molecule has 17 heavy (non-hydrogen) atoms. The highest BCUT2D eigenvalue weighted by Crippen LogP contribution is 2.45. The predicted molar refractivity (Wildman–Crippen MR) is 67.7 cm³/mol. The van der Waals surface area contributed by atoms with Gasteiger partial charge in [-0.15, -0.1) is 0 Å². The number of fused-ring (bicyclic) bond motifs is 2. The maximum atomic E-state index is 11.3. The normalized spacial score (nSPS) is 33.8. The molecule has 1 aromatic rings. The van der Waals surface area contributed by atoms with E-state index in [-0.39, 0.29) is 6.04 Å². The van der Waals surface area contributed by atoms with Gasteiger partial charge in [0.2, 0.25) is 0 Å². The van der Waals surface area contributed by atoms with Crippen LogP contribution in [0.1, 0.15) is 37.8 Å². The van der Waals surface area contributed by atoms with Crippen LogP contribution < -0.4 is 0 Å². The van der Waals surface area contributed by atoms with Gasteiger partial charge in [0, 0.05) is 12.1 Å². The summed E-state index contributed by atoms with van der Waals surface area (Å²) in [7, 11) is 0. The highest BCUT2D eigenvalue weighted by Gasteiger charge is 2.47. The zero-order valence-corrected chi connectivity index (χ0v) is 10.3. The van der Waals surface area contributed by atoms with Gasteiger partial charge in [0.1, 0.15) is 6.29 Å². The molecule has 3 rings (SSSR count). The van der Waals surface area contributed by atoms with Crippen LogP contribution >= 0.6 is 0 Å². The van der Waals surface area contributed by atoms with E-state index >= 15 is 0 Å². The summed E-state index contributed by atoms with van der Waals surface area (Å²) in [4.78, 5) is 13.7. The molecule has 90 valence electrons. The van der Waals surface area contributed by atoms with Crippen LogP contribution in [0.3, 0.4) is 0 Å². The summed E-state index contributed by atoms with van der Waals surface area (Å²) in [5.74, 6) is 0.615. The van der Waals surface area contributed by atoms with Gasteiger partial charge in [0.05, 0.1) is 6.04 Å². The Bertz CT molecular complexity index is 403. The summed E-state index contributed by atoms with van der Waals surface area (Å²) >= 11 is 0. The van der Waals surface area contributed by atoms with Gasteiger partial charge in [-0.1, -0.05) is 30.3 Å². The van der Waals surface area contributed by atoms with E-state index in [1.54, 1.807) is 0 Å². The van der Waals surface area contributed by atoms with Crippen molar-refractivity contribution in [2.45, 2.75) is 44.3 Å². The maximum Gasteiger partial charge on any atom is 0.137 e. The lowest BCUT2D eigenvalue weighted by atomic mass is 9.97. The Labute approximate surface area is 103 Å². The molecule has 1 aromatic carbocycles. The number of likely N-dealkylation sites (tertiary alicyclic amines) is 1. The van der Waals surface area contributed by atoms with E-state index in [0.29, 0.717) is 18.0 Å². The van der Waals surface area contributed by atoms with E-state index in [0.717, 1.165) is 0 Å². The van der Waals surface area contributed by atoms with Crippen molar-refractivity contribution in [1.29, 1.82) is 0 Å². The Balaban J connectivity index is 1.86. The molecule has 2 heteroatoms. The summed E-state index contributed by atoms with van der Waals surface area (Å²) in [5, 5.41) is 0. The first kappa shape index (κ1) is 11.0. The lowest BCUT2D eigenvalue weighted by molar-refractivity contribution is -0.114. The summed E-state index contributed by atoms with van der Waals surface area (Å²) in [5.41, 5.74) is 1.33. The standard InChI is InChI=1S/C15H19NO/c1-11(12-5-3-2-4-6-12)16-14-8-7-13(9-14)15(16)10-17/h2-6,10-11,13-15H,7-9H2,1H3/t11-,13-,14+,15+/m0/s1. The number of hydrogen-bond donors (Lipinski definition) is 0. The van der Waals surface area contributed by atoms with Gasteiger partial charge in [0.25, 0.3) is 0 Å². The minimum atomic E-state index is 0.156. The van der Waals surface area contributed by atoms with Gasteiger partial charge in [0.15, 0.2) is 0 Å². The molecule has 2 nitrogen and oxygen atoms in total. The molecule has 1 aliphatic carbocycles. The van der Waals surface area contributed by atoms with Gasteiger partial charge in [-0.3, -0.25) is 4.90 Å². The summed E-state index contributed by atoms with van der Waals surface area (Å²) in [6.07, 6.45) is 4.90. The minimum Gasteiger partial charge on any atom is -0.302 e. The van der Waals surface area contributed by atoms with E-state index in [2.05, 4.69) is 36.1 Å². The average Bonchev–Trinajstić information content (AvgIpc) is 2.98. The molecular weight excluding hydrogens is 210 g/mol. The molecule has 2 fully saturated rings. The second-order valence-electron chi connectivity index (χ2n) is 5.39. The zero-order chi connectivity index (χ0) is 11.8. The van der Waals surface area contributed by atoms with Crippen molar-refractivity contribution in [3.05, 3.63) is 35.9 Å². The molecule has 0 aromatic heterocycles. The number of carbonyl (C=O) groups is 1. The first-order chi connectivity index (χ1) is 8.31. The third kappa shape index (κ3) is 1.71. The van der Waals surface area contributed by atoms with Crippen LogP contribution in [0.25, 0.3) is 0 Å². The molecule has 1 saturated heterocycles. The first-order valence-corrected chi connectivity index (χ1v) is 6.59. The Kier molecular flexibility index (Phi) is 2.75. The highest BCUT2D eigenvalue weighted by molar-refractivity contribution is 5.60. The van der Waals surface area contributed by atoms with Gasteiger partial charge >= 0.3 is 0 Å². The number of carbonyl (C=O) groups excluding carboxylic acids is 1. The van der Waals surface area contributed by atoms with Crippen LogP contribution in [0.15, 0.2) is 30.3 Å². The topological polar surface area (TPSA) is 20.3 Å². The van der Waals surface area contributed by atoms with E-state index in [1.807, 2.05) is 6.07 Å². The fourth-order valence-corrected chi connectivity index (χ4v) is 3.72. The third-order valence-corrected chi connectivity index (χ3v) is 4.56. The van der Waals surface area contributed by atoms with E-state index < -0.39 is 0 Å². The van der Waals surface area contributed by atoms with Crippen LogP contribution in [0.4, 0.5) is 0 Å². The van der Waals surface area contributed by atoms with Crippen LogP contribution in [0.2, 0.25) is 0 Å². The van der Waals surface area contributed by atoms with Crippen LogP contribution in [-0.2, 0) is 4.79 Å². The van der Waals surface area contributed by atoms with E-state index in [9.17, 15) is 4.79 Å². The number of nitrogens with zero attached hydrogens (tertiary/aromatic N) is 1. The van der Waals surface area contributed by atoms with Gasteiger partial charge in [-0.2, -0.15) is 0 Å². The summed E-state index contributed by atoms with van der Waals surface area (Å²) in [6.45, 7) is 2.23. The monoisotopic (exact) mass is 229 g/mol. The van der Waals surface area contributed by atoms with Crippen molar-refractivity contribution < 1.29 is 4.79 Å². The zero-order valence-electron chi connectivity index (χ0n) is 10.3. The summed E-state index contributed by atoms with van der Waals surface area (Å²) in [6, 6.07) is 11.7. The van der Waals surface area contributed by atoms with Crippen molar-refractivity contribution in [3.8, 4) is 0 Å². The van der Waals surface area contributed by atoms with Crippen molar-refractivity contribution in [1.82, 2.24) is 4.90 Å². The molecule has 1 heterocycles. The van der Waals surface area contributed by atoms with Gasteiger partial charge in [-0.25, -0.2) is 0 Å². The summed E-state index contributed by atoms with van der Waals surface area (Å²) < 4.78 is 0. The Morgan fingerprint density at radius 2 is 2.06 bits per heavy atom. The number of rotatable bonds is 3. The van der Waals surface area contributed by atoms with Crippen LogP contribution in [-0.4, -0.2) is 23.3 Å². The van der Waals surface area contributed by atoms with Crippen molar-refractivity contribution in [3.63, 3.8) is 0 Å². The molecule has 0 spiro atoms. The van der Waals surface area contributed by atoms with Crippen molar-refractivity contribution >= 4 is 6.29 Å². The van der Waals surface area contributed by atoms with Crippen LogP contribution in [0.5, 0.6) is 0 Å². The Morgan fingerprint density at radius 3 is 2.76 bits per heavy atom. The number of benzene rings is 1. The molecule has 1 aliphatic heterocycles. The molecule has 2 aliphatic rings. The molecule has 4 atom stereocenters. The number of aldehydes is 1. The van der Waals surface area contributed by atoms with E-state index in [1.165, 1.54) is 31.1 Å². The molecule has 0 N–H and O–H groups in total. The van der Waals surface area contributed by atoms with Gasteiger partial charge in [-0.05, 0) is 37.7 Å². The quantitative estimate of drug-likeness (QED) is 0.743. The first-order valence-electron chi connectivity index (χ1n) is 6.59. The van der Waals surface area contributed by atoms with Crippen molar-refractivity contribution in [2.24, 2.45) is 5.92 Å². The Hall–Kier alpha value is -1.15. The number of hydrogen-bond acceptors (Lipinski definition) is 2. The fraction of sp³-hybridized carbons (Fsp3) is 0.533. The number of piperidine rings is 1. The lowest BCUT2D eigenvalue weighted by Gasteiger charge is -2.37. The van der Waals surface area contributed by atoms with Crippen molar-refractivity contribution in [2.75, 3.05) is 0 Å². The molecule has 0 amide bonds. The SMILES string of the molecule is C[C@@H](c1ccccc1)N1[C@@H]2CC[C@@H](C2)[C@H]1C=O. The molecule has 2 bridgehead atoms. The fourth-order valence-electron chi connectivity index (χ4n) is 3.72. The molecular formula is C15H19NO. The smallest absolute Gasteiger partial charge is 0.137 e. The second-order valence-corrected chi connectivity index (χ2v) is 5.39. The van der Waals surface area contributed by atoms with Crippen LogP contribution in [0, 0.1) is 5.92 Å². The second kappa shape index (κ2) is 4.26. The van der Waals surface area contributed by atoms with E-state index in [4.69, 9.17) is 0 Å². The minimum absolute atomic E-state index is 0.156. The largest absolute Gasteiger partial charge is 0.302 e. The lowest BCUT2D eigenvalue weighted by Crippen LogP contribution is -2.43.